The van der Waals surface area contributed by atoms with Crippen molar-refractivity contribution in [2.75, 3.05) is 6.61 Å². The molecule has 2 rings (SSSR count). The van der Waals surface area contributed by atoms with E-state index >= 15 is 0 Å². The molecular formula is C18H14Cl2FNO3. The first-order chi connectivity index (χ1) is 12.0. The summed E-state index contributed by atoms with van der Waals surface area (Å²) in [6, 6.07) is 10.9. The van der Waals surface area contributed by atoms with Crippen LogP contribution in [0.2, 0.25) is 10.0 Å². The minimum absolute atomic E-state index is 0.178. The lowest BCUT2D eigenvalue weighted by molar-refractivity contribution is -0.143. The van der Waals surface area contributed by atoms with Crippen LogP contribution in [0, 0.1) is 5.82 Å². The standard InChI is InChI=1S/C18H14Cl2FNO3/c19-14-7-5-13(15(20)9-14)10-22-17(23)11-25-18(24)8-6-12-3-1-2-4-16(12)21/h1-9H,10-11H2,(H,22,23)/b8-6+. The summed E-state index contributed by atoms with van der Waals surface area (Å²) in [6.07, 6.45) is 2.34. The maximum atomic E-state index is 13.4. The monoisotopic (exact) mass is 381 g/mol. The zero-order valence-corrected chi connectivity index (χ0v) is 14.5. The van der Waals surface area contributed by atoms with Gasteiger partial charge in [0, 0.05) is 28.2 Å². The van der Waals surface area contributed by atoms with Crippen LogP contribution in [-0.2, 0) is 20.9 Å². The van der Waals surface area contributed by atoms with Crippen molar-refractivity contribution in [1.82, 2.24) is 5.32 Å². The van der Waals surface area contributed by atoms with Gasteiger partial charge in [-0.1, -0.05) is 47.5 Å². The molecule has 0 spiro atoms. The fourth-order valence-corrected chi connectivity index (χ4v) is 2.34. The van der Waals surface area contributed by atoms with Gasteiger partial charge in [-0.25, -0.2) is 9.18 Å². The van der Waals surface area contributed by atoms with Gasteiger partial charge in [-0.3, -0.25) is 4.79 Å². The van der Waals surface area contributed by atoms with Crippen LogP contribution in [0.1, 0.15) is 11.1 Å². The molecule has 0 aliphatic carbocycles. The van der Waals surface area contributed by atoms with Crippen LogP contribution in [0.5, 0.6) is 0 Å². The molecule has 7 heteroatoms. The minimum Gasteiger partial charge on any atom is -0.452 e. The highest BCUT2D eigenvalue weighted by molar-refractivity contribution is 6.35. The van der Waals surface area contributed by atoms with E-state index in [0.717, 1.165) is 6.08 Å². The van der Waals surface area contributed by atoms with E-state index in [1.165, 1.54) is 18.2 Å². The van der Waals surface area contributed by atoms with Crippen molar-refractivity contribution in [3.05, 3.63) is 75.5 Å². The maximum Gasteiger partial charge on any atom is 0.331 e. The van der Waals surface area contributed by atoms with E-state index in [9.17, 15) is 14.0 Å². The number of nitrogens with one attached hydrogen (secondary N) is 1. The lowest BCUT2D eigenvalue weighted by atomic mass is 10.2. The van der Waals surface area contributed by atoms with E-state index in [4.69, 9.17) is 27.9 Å². The summed E-state index contributed by atoms with van der Waals surface area (Å²) in [5.74, 6) is -1.69. The number of rotatable bonds is 6. The topological polar surface area (TPSA) is 55.4 Å². The number of amides is 1. The summed E-state index contributed by atoms with van der Waals surface area (Å²) >= 11 is 11.8. The highest BCUT2D eigenvalue weighted by atomic mass is 35.5. The summed E-state index contributed by atoms with van der Waals surface area (Å²) in [6.45, 7) is -0.275. The Morgan fingerprint density at radius 2 is 1.92 bits per heavy atom. The Morgan fingerprint density at radius 3 is 2.64 bits per heavy atom. The number of hydrogen-bond donors (Lipinski definition) is 1. The molecule has 0 saturated heterocycles. The Hall–Kier alpha value is -2.37. The molecule has 0 radical (unpaired) electrons. The lowest BCUT2D eigenvalue weighted by Crippen LogP contribution is -2.28. The van der Waals surface area contributed by atoms with Crippen LogP contribution in [0.15, 0.2) is 48.5 Å². The van der Waals surface area contributed by atoms with Crippen molar-refractivity contribution < 1.29 is 18.7 Å². The van der Waals surface area contributed by atoms with E-state index in [0.29, 0.717) is 15.6 Å². The Bertz CT molecular complexity index is 809. The third-order valence-electron chi connectivity index (χ3n) is 3.14. The summed E-state index contributed by atoms with van der Waals surface area (Å²) in [4.78, 5) is 23.2. The van der Waals surface area contributed by atoms with E-state index in [2.05, 4.69) is 5.32 Å². The third-order valence-corrected chi connectivity index (χ3v) is 3.73. The highest BCUT2D eigenvalue weighted by Gasteiger charge is 2.07. The minimum atomic E-state index is -0.747. The quantitative estimate of drug-likeness (QED) is 0.607. The molecule has 2 aromatic rings. The lowest BCUT2D eigenvalue weighted by Gasteiger charge is -2.07. The molecule has 0 heterocycles. The van der Waals surface area contributed by atoms with Crippen molar-refractivity contribution in [3.8, 4) is 0 Å². The average molecular weight is 382 g/mol. The summed E-state index contributed by atoms with van der Waals surface area (Å²) in [5.41, 5.74) is 0.937. The smallest absolute Gasteiger partial charge is 0.331 e. The van der Waals surface area contributed by atoms with Crippen LogP contribution in [0.3, 0.4) is 0 Å². The predicted molar refractivity (Wildman–Crippen MR) is 94.7 cm³/mol. The van der Waals surface area contributed by atoms with Crippen molar-refractivity contribution in [2.24, 2.45) is 0 Å². The summed E-state index contributed by atoms with van der Waals surface area (Å²) in [5, 5.41) is 3.49. The molecule has 2 aromatic carbocycles. The third kappa shape index (κ3) is 6.21. The number of carbonyl (C=O) groups is 2. The Morgan fingerprint density at radius 1 is 1.16 bits per heavy atom. The van der Waals surface area contributed by atoms with Gasteiger partial charge >= 0.3 is 5.97 Å². The molecular weight excluding hydrogens is 368 g/mol. The van der Waals surface area contributed by atoms with Crippen molar-refractivity contribution in [2.45, 2.75) is 6.54 Å². The molecule has 0 aliphatic heterocycles. The molecule has 0 aromatic heterocycles. The van der Waals surface area contributed by atoms with Gasteiger partial charge in [-0.05, 0) is 29.8 Å². The first kappa shape index (κ1) is 19.0. The molecule has 130 valence electrons. The second kappa shape index (κ2) is 9.20. The second-order valence-electron chi connectivity index (χ2n) is 4.98. The van der Waals surface area contributed by atoms with Gasteiger partial charge < -0.3 is 10.1 Å². The number of ether oxygens (including phenoxy) is 1. The molecule has 4 nitrogen and oxygen atoms in total. The van der Waals surface area contributed by atoms with Crippen LogP contribution in [0.25, 0.3) is 6.08 Å². The number of esters is 1. The predicted octanol–water partition coefficient (Wildman–Crippen LogP) is 4.01. The van der Waals surface area contributed by atoms with Gasteiger partial charge in [-0.2, -0.15) is 0 Å². The Balaban J connectivity index is 1.77. The molecule has 0 atom stereocenters. The van der Waals surface area contributed by atoms with Crippen LogP contribution in [-0.4, -0.2) is 18.5 Å². The Kier molecular flexibility index (Phi) is 6.98. The maximum absolute atomic E-state index is 13.4. The molecule has 0 saturated carbocycles. The number of halogens is 3. The Labute approximate surface area is 154 Å². The van der Waals surface area contributed by atoms with Gasteiger partial charge in [0.05, 0.1) is 0 Å². The van der Waals surface area contributed by atoms with E-state index in [-0.39, 0.29) is 12.1 Å². The second-order valence-corrected chi connectivity index (χ2v) is 5.82. The van der Waals surface area contributed by atoms with Crippen molar-refractivity contribution in [3.63, 3.8) is 0 Å². The highest BCUT2D eigenvalue weighted by Crippen LogP contribution is 2.20. The molecule has 0 unspecified atom stereocenters. The SMILES string of the molecule is O=C(COC(=O)/C=C/c1ccccc1F)NCc1ccc(Cl)cc1Cl. The number of carbonyl (C=O) groups excluding carboxylic acids is 2. The normalized spacial score (nSPS) is 10.7. The van der Waals surface area contributed by atoms with E-state index in [1.807, 2.05) is 0 Å². The van der Waals surface area contributed by atoms with Crippen molar-refractivity contribution >= 4 is 41.2 Å². The first-order valence-electron chi connectivity index (χ1n) is 7.25. The van der Waals surface area contributed by atoms with Gasteiger partial charge in [0.15, 0.2) is 6.61 Å². The van der Waals surface area contributed by atoms with Gasteiger partial charge in [0.25, 0.3) is 5.91 Å². The molecule has 1 amide bonds. The largest absolute Gasteiger partial charge is 0.452 e. The zero-order valence-electron chi connectivity index (χ0n) is 13.0. The fraction of sp³-hybridized carbons (Fsp3) is 0.111. The van der Waals surface area contributed by atoms with Gasteiger partial charge in [0.2, 0.25) is 0 Å². The number of benzene rings is 2. The first-order valence-corrected chi connectivity index (χ1v) is 8.01. The molecule has 0 fully saturated rings. The fourth-order valence-electron chi connectivity index (χ4n) is 1.86. The molecule has 0 bridgehead atoms. The van der Waals surface area contributed by atoms with E-state index in [1.54, 1.807) is 30.3 Å². The van der Waals surface area contributed by atoms with Gasteiger partial charge in [0.1, 0.15) is 5.82 Å². The molecule has 1 N–H and O–H groups in total. The molecule has 25 heavy (non-hydrogen) atoms. The molecule has 0 aliphatic rings. The van der Waals surface area contributed by atoms with Gasteiger partial charge in [-0.15, -0.1) is 0 Å². The van der Waals surface area contributed by atoms with Crippen molar-refractivity contribution in [1.29, 1.82) is 0 Å². The van der Waals surface area contributed by atoms with Crippen LogP contribution in [0.4, 0.5) is 4.39 Å². The number of hydrogen-bond acceptors (Lipinski definition) is 3. The van der Waals surface area contributed by atoms with E-state index < -0.39 is 24.3 Å². The zero-order chi connectivity index (χ0) is 18.2. The average Bonchev–Trinajstić information content (AvgIpc) is 2.58. The van der Waals surface area contributed by atoms with Crippen LogP contribution >= 0.6 is 23.2 Å². The summed E-state index contributed by atoms with van der Waals surface area (Å²) in [7, 11) is 0. The van der Waals surface area contributed by atoms with Crippen LogP contribution < -0.4 is 5.32 Å². The summed E-state index contributed by atoms with van der Waals surface area (Å²) < 4.78 is 18.2.